The first-order chi connectivity index (χ1) is 12.5. The summed E-state index contributed by atoms with van der Waals surface area (Å²) in [6, 6.07) is 7.90. The summed E-state index contributed by atoms with van der Waals surface area (Å²) in [5.74, 6) is -0.791. The molecule has 0 saturated carbocycles. The first-order valence-corrected chi connectivity index (χ1v) is 9.55. The zero-order valence-corrected chi connectivity index (χ0v) is 15.0. The first-order valence-electron chi connectivity index (χ1n) is 7.91. The van der Waals surface area contributed by atoms with Crippen molar-refractivity contribution in [3.8, 4) is 0 Å². The van der Waals surface area contributed by atoms with Gasteiger partial charge in [0.2, 0.25) is 0 Å². The molecule has 3 aromatic rings. The van der Waals surface area contributed by atoms with Crippen LogP contribution >= 0.6 is 22.7 Å². The van der Waals surface area contributed by atoms with Crippen LogP contribution in [0.3, 0.4) is 0 Å². The maximum absolute atomic E-state index is 12.3. The molecule has 1 aliphatic rings. The van der Waals surface area contributed by atoms with Crippen LogP contribution < -0.4 is 10.9 Å². The Hall–Kier alpha value is -2.78. The number of hydrazine groups is 1. The third-order valence-corrected chi connectivity index (χ3v) is 6.55. The number of aryl methyl sites for hydroxylation is 2. The molecule has 0 saturated heterocycles. The van der Waals surface area contributed by atoms with Crippen LogP contribution in [0.15, 0.2) is 30.3 Å². The maximum Gasteiger partial charge on any atom is 0.279 e. The van der Waals surface area contributed by atoms with Gasteiger partial charge < -0.3 is 0 Å². The summed E-state index contributed by atoms with van der Waals surface area (Å²) in [6.45, 7) is 0. The van der Waals surface area contributed by atoms with E-state index in [0.29, 0.717) is 15.1 Å². The Kier molecular flexibility index (Phi) is 4.17. The van der Waals surface area contributed by atoms with Crippen molar-refractivity contribution in [2.75, 3.05) is 0 Å². The van der Waals surface area contributed by atoms with Crippen molar-refractivity contribution < 1.29 is 14.5 Å². The lowest BCUT2D eigenvalue weighted by molar-refractivity contribution is -0.384. The van der Waals surface area contributed by atoms with Crippen LogP contribution in [0.4, 0.5) is 5.69 Å². The van der Waals surface area contributed by atoms with E-state index in [9.17, 15) is 19.7 Å². The Bertz CT molecular complexity index is 1030. The number of carbonyl (C=O) groups is 2. The molecule has 0 bridgehead atoms. The van der Waals surface area contributed by atoms with Crippen LogP contribution in [0, 0.1) is 10.1 Å². The lowest BCUT2D eigenvalue weighted by atomic mass is 10.2. The fourth-order valence-electron chi connectivity index (χ4n) is 2.93. The van der Waals surface area contributed by atoms with Crippen molar-refractivity contribution >= 4 is 50.3 Å². The van der Waals surface area contributed by atoms with E-state index < -0.39 is 10.8 Å². The van der Waals surface area contributed by atoms with E-state index in [4.69, 9.17) is 0 Å². The van der Waals surface area contributed by atoms with Crippen LogP contribution in [0.2, 0.25) is 0 Å². The van der Waals surface area contributed by atoms with E-state index in [1.54, 1.807) is 12.1 Å². The number of nitro groups is 1. The average molecular weight is 387 g/mol. The molecule has 4 rings (SSSR count). The topological polar surface area (TPSA) is 101 Å². The Labute approximate surface area is 155 Å². The number of nitrogens with one attached hydrogen (secondary N) is 2. The SMILES string of the molecule is O=C(NNC(=O)c1cc2cc([N+](=O)[O-])ccc2s1)c1cc2c(s1)CCC2. The number of non-ortho nitro benzene ring substituents is 1. The van der Waals surface area contributed by atoms with Gasteiger partial charge >= 0.3 is 0 Å². The minimum absolute atomic E-state index is 0.0266. The molecular weight excluding hydrogens is 374 g/mol. The molecule has 9 heteroatoms. The zero-order valence-electron chi connectivity index (χ0n) is 13.4. The molecule has 0 spiro atoms. The summed E-state index contributed by atoms with van der Waals surface area (Å²) in [5.41, 5.74) is 6.03. The number of hydrogen-bond acceptors (Lipinski definition) is 6. The fraction of sp³-hybridized carbons (Fsp3) is 0.176. The van der Waals surface area contributed by atoms with Gasteiger partial charge in [0.05, 0.1) is 14.7 Å². The molecule has 0 fully saturated rings. The van der Waals surface area contributed by atoms with Crippen LogP contribution in [0.25, 0.3) is 10.1 Å². The standard InChI is InChI=1S/C17H13N3O4S2/c21-16(14-7-9-2-1-3-12(9)25-14)18-19-17(22)15-8-10-6-11(20(23)24)4-5-13(10)26-15/h4-8H,1-3H2,(H,18,21)(H,19,22). The predicted octanol–water partition coefficient (Wildman–Crippen LogP) is 3.43. The normalized spacial score (nSPS) is 12.8. The van der Waals surface area contributed by atoms with Crippen molar-refractivity contribution in [3.63, 3.8) is 0 Å². The highest BCUT2D eigenvalue weighted by Gasteiger charge is 2.19. The monoisotopic (exact) mass is 387 g/mol. The number of amides is 2. The third-order valence-electron chi connectivity index (χ3n) is 4.19. The summed E-state index contributed by atoms with van der Waals surface area (Å²) >= 11 is 2.67. The number of hydrogen-bond donors (Lipinski definition) is 2. The summed E-state index contributed by atoms with van der Waals surface area (Å²) in [7, 11) is 0. The minimum Gasteiger partial charge on any atom is -0.266 e. The molecule has 0 radical (unpaired) electrons. The molecular formula is C17H13N3O4S2. The number of fused-ring (bicyclic) bond motifs is 2. The van der Waals surface area contributed by atoms with Gasteiger partial charge in [-0.25, -0.2) is 0 Å². The van der Waals surface area contributed by atoms with Gasteiger partial charge in [-0.15, -0.1) is 22.7 Å². The van der Waals surface area contributed by atoms with E-state index in [0.717, 1.165) is 24.0 Å². The molecule has 0 unspecified atom stereocenters. The minimum atomic E-state index is -0.477. The number of thiophene rings is 2. The van der Waals surface area contributed by atoms with E-state index in [-0.39, 0.29) is 11.6 Å². The molecule has 1 aromatic carbocycles. The molecule has 1 aliphatic carbocycles. The lowest BCUT2D eigenvalue weighted by Gasteiger charge is -2.04. The number of nitro benzene ring substituents is 1. The first kappa shape index (κ1) is 16.7. The summed E-state index contributed by atoms with van der Waals surface area (Å²) in [6.07, 6.45) is 3.14. The van der Waals surface area contributed by atoms with Gasteiger partial charge in [-0.3, -0.25) is 30.6 Å². The summed E-state index contributed by atoms with van der Waals surface area (Å²) in [4.78, 5) is 37.0. The van der Waals surface area contributed by atoms with Gasteiger partial charge in [-0.2, -0.15) is 0 Å². The van der Waals surface area contributed by atoms with Crippen LogP contribution in [-0.2, 0) is 12.8 Å². The number of benzene rings is 1. The number of carbonyl (C=O) groups excluding carboxylic acids is 2. The van der Waals surface area contributed by atoms with Crippen molar-refractivity contribution in [3.05, 3.63) is 60.6 Å². The average Bonchev–Trinajstić information content (AvgIpc) is 3.31. The maximum atomic E-state index is 12.3. The Morgan fingerprint density at radius 2 is 1.73 bits per heavy atom. The fourth-order valence-corrected chi connectivity index (χ4v) is 5.02. The lowest BCUT2D eigenvalue weighted by Crippen LogP contribution is -2.41. The molecule has 2 heterocycles. The second-order valence-corrected chi connectivity index (χ2v) is 8.13. The molecule has 2 N–H and O–H groups in total. The Morgan fingerprint density at radius 3 is 2.42 bits per heavy atom. The Morgan fingerprint density at radius 1 is 1.00 bits per heavy atom. The molecule has 26 heavy (non-hydrogen) atoms. The van der Waals surface area contributed by atoms with Crippen LogP contribution in [-0.4, -0.2) is 16.7 Å². The van der Waals surface area contributed by atoms with E-state index in [1.165, 1.54) is 45.2 Å². The number of nitrogens with zero attached hydrogens (tertiary/aromatic N) is 1. The highest BCUT2D eigenvalue weighted by molar-refractivity contribution is 7.20. The van der Waals surface area contributed by atoms with Crippen molar-refractivity contribution in [1.29, 1.82) is 0 Å². The largest absolute Gasteiger partial charge is 0.279 e. The molecule has 2 aromatic heterocycles. The second-order valence-electron chi connectivity index (χ2n) is 5.91. The van der Waals surface area contributed by atoms with E-state index in [1.807, 2.05) is 6.07 Å². The summed E-state index contributed by atoms with van der Waals surface area (Å²) in [5, 5.41) is 11.5. The highest BCUT2D eigenvalue weighted by atomic mass is 32.1. The van der Waals surface area contributed by atoms with E-state index in [2.05, 4.69) is 10.9 Å². The van der Waals surface area contributed by atoms with E-state index >= 15 is 0 Å². The van der Waals surface area contributed by atoms with Gasteiger partial charge in [0.1, 0.15) is 0 Å². The molecule has 2 amide bonds. The Balaban J connectivity index is 1.45. The summed E-state index contributed by atoms with van der Waals surface area (Å²) < 4.78 is 0.766. The van der Waals surface area contributed by atoms with Crippen molar-refractivity contribution in [2.24, 2.45) is 0 Å². The van der Waals surface area contributed by atoms with Gasteiger partial charge in [0.15, 0.2) is 0 Å². The predicted molar refractivity (Wildman–Crippen MR) is 99.8 cm³/mol. The van der Waals surface area contributed by atoms with Crippen LogP contribution in [0.1, 0.15) is 36.2 Å². The molecule has 132 valence electrons. The van der Waals surface area contributed by atoms with Gasteiger partial charge in [-0.05, 0) is 43.0 Å². The highest BCUT2D eigenvalue weighted by Crippen LogP contribution is 2.31. The van der Waals surface area contributed by atoms with Crippen molar-refractivity contribution in [2.45, 2.75) is 19.3 Å². The zero-order chi connectivity index (χ0) is 18.3. The van der Waals surface area contributed by atoms with Gasteiger partial charge in [0.25, 0.3) is 17.5 Å². The molecule has 0 atom stereocenters. The van der Waals surface area contributed by atoms with Gasteiger partial charge in [0, 0.05) is 27.1 Å². The second kappa shape index (κ2) is 6.50. The molecule has 7 nitrogen and oxygen atoms in total. The van der Waals surface area contributed by atoms with Crippen LogP contribution in [0.5, 0.6) is 0 Å². The third kappa shape index (κ3) is 3.06. The van der Waals surface area contributed by atoms with Gasteiger partial charge in [-0.1, -0.05) is 0 Å². The quantitative estimate of drug-likeness (QED) is 0.531. The number of rotatable bonds is 3. The molecule has 0 aliphatic heterocycles. The van der Waals surface area contributed by atoms with Crippen molar-refractivity contribution in [1.82, 2.24) is 10.9 Å². The smallest absolute Gasteiger partial charge is 0.266 e.